The number of hydrogen-bond acceptors (Lipinski definition) is 4. The predicted molar refractivity (Wildman–Crippen MR) is 133 cm³/mol. The lowest BCUT2D eigenvalue weighted by atomic mass is 9.98. The molecular weight excluding hydrogens is 767 g/mol. The van der Waals surface area contributed by atoms with Gasteiger partial charge in [-0.15, -0.1) is 0 Å². The molecule has 0 heterocycles. The van der Waals surface area contributed by atoms with Gasteiger partial charge in [0.1, 0.15) is 5.75 Å². The molecule has 1 rings (SSSR count). The molecule has 0 aliphatic carbocycles. The minimum atomic E-state index is -4.13. The Hall–Kier alpha value is 2.05. The zero-order chi connectivity index (χ0) is 21.1. The van der Waals surface area contributed by atoms with Crippen molar-refractivity contribution in [1.29, 1.82) is 0 Å². The Labute approximate surface area is 211 Å². The standard InChI is InChI=1S/C16H21Br6O4P/c1-13(2,10-17)15(19,20)25-27(23,24-12-8-6-5-7-9-12)26-16(21,22)14(3,4)11-18/h5-9H,10-11H2,1-4H3. The van der Waals surface area contributed by atoms with Gasteiger partial charge in [-0.05, 0) is 75.9 Å². The van der Waals surface area contributed by atoms with Crippen LogP contribution in [0.3, 0.4) is 0 Å². The topological polar surface area (TPSA) is 44.8 Å². The van der Waals surface area contributed by atoms with Gasteiger partial charge in [0, 0.05) is 21.5 Å². The second-order valence-electron chi connectivity index (χ2n) is 7.10. The van der Waals surface area contributed by atoms with Crippen molar-refractivity contribution in [3.05, 3.63) is 30.3 Å². The first kappa shape index (κ1) is 27.1. The molecule has 0 spiro atoms. The van der Waals surface area contributed by atoms with Crippen LogP contribution in [0.25, 0.3) is 0 Å². The predicted octanol–water partition coefficient (Wildman–Crippen LogP) is 8.94. The van der Waals surface area contributed by atoms with E-state index in [1.54, 1.807) is 24.3 Å². The van der Waals surface area contributed by atoms with Crippen LogP contribution in [0.2, 0.25) is 0 Å². The lowest BCUT2D eigenvalue weighted by Crippen LogP contribution is -2.40. The van der Waals surface area contributed by atoms with Crippen molar-refractivity contribution in [1.82, 2.24) is 0 Å². The van der Waals surface area contributed by atoms with E-state index in [4.69, 9.17) is 13.6 Å². The van der Waals surface area contributed by atoms with Gasteiger partial charge in [-0.25, -0.2) is 13.6 Å². The van der Waals surface area contributed by atoms with E-state index >= 15 is 0 Å². The summed E-state index contributed by atoms with van der Waals surface area (Å²) in [6.45, 7) is 7.71. The fourth-order valence-electron chi connectivity index (χ4n) is 1.35. The molecule has 0 saturated carbocycles. The van der Waals surface area contributed by atoms with Gasteiger partial charge in [-0.3, -0.25) is 0 Å². The number of phosphoric acid groups is 1. The van der Waals surface area contributed by atoms with Crippen molar-refractivity contribution < 1.29 is 18.1 Å². The summed E-state index contributed by atoms with van der Waals surface area (Å²) in [5.41, 5.74) is -1.00. The molecule has 1 aromatic carbocycles. The van der Waals surface area contributed by atoms with Crippen LogP contribution in [-0.2, 0) is 13.6 Å². The van der Waals surface area contributed by atoms with Crippen molar-refractivity contribution in [3.8, 4) is 5.75 Å². The van der Waals surface area contributed by atoms with Gasteiger partial charge in [0.2, 0.25) is 0 Å². The number of hydrogen-bond donors (Lipinski definition) is 0. The SMILES string of the molecule is CC(C)(CBr)C(Br)(Br)OP(=O)(Oc1ccccc1)OC(Br)(Br)C(C)(C)CBr. The Morgan fingerprint density at radius 3 is 1.52 bits per heavy atom. The molecule has 0 atom stereocenters. The molecule has 0 aromatic heterocycles. The van der Waals surface area contributed by atoms with Crippen molar-refractivity contribution >= 4 is 103 Å². The van der Waals surface area contributed by atoms with Gasteiger partial charge in [0.15, 0.2) is 6.84 Å². The van der Waals surface area contributed by atoms with E-state index < -0.39 is 25.5 Å². The number of phosphoric ester groups is 1. The molecule has 0 aliphatic heterocycles. The fourth-order valence-corrected chi connectivity index (χ4v) is 7.88. The van der Waals surface area contributed by atoms with Crippen LogP contribution in [0, 0.1) is 10.8 Å². The van der Waals surface area contributed by atoms with Crippen molar-refractivity contribution in [2.75, 3.05) is 10.7 Å². The van der Waals surface area contributed by atoms with Crippen molar-refractivity contribution in [2.24, 2.45) is 10.8 Å². The summed E-state index contributed by atoms with van der Waals surface area (Å²) in [4.78, 5) is 0. The summed E-state index contributed by atoms with van der Waals surface area (Å²) in [6.07, 6.45) is 0. The molecule has 0 saturated heterocycles. The molecule has 4 nitrogen and oxygen atoms in total. The van der Waals surface area contributed by atoms with Crippen molar-refractivity contribution in [2.45, 2.75) is 34.5 Å². The molecule has 11 heteroatoms. The average molecular weight is 788 g/mol. The maximum Gasteiger partial charge on any atom is 0.534 e. The minimum Gasteiger partial charge on any atom is -0.404 e. The lowest BCUT2D eigenvalue weighted by Gasteiger charge is -2.41. The monoisotopic (exact) mass is 782 g/mol. The van der Waals surface area contributed by atoms with E-state index in [9.17, 15) is 4.57 Å². The molecule has 0 N–H and O–H groups in total. The molecular formula is C16H21Br6O4P. The summed E-state index contributed by atoms with van der Waals surface area (Å²) in [5.74, 6) is 0.362. The third-order valence-electron chi connectivity index (χ3n) is 3.66. The van der Waals surface area contributed by atoms with Crippen LogP contribution in [0.1, 0.15) is 27.7 Å². The van der Waals surface area contributed by atoms with E-state index in [0.29, 0.717) is 16.4 Å². The smallest absolute Gasteiger partial charge is 0.404 e. The van der Waals surface area contributed by atoms with E-state index in [-0.39, 0.29) is 0 Å². The molecule has 0 fully saturated rings. The summed E-state index contributed by atoms with van der Waals surface area (Å²) >= 11 is 20.8. The molecule has 0 unspecified atom stereocenters. The second kappa shape index (κ2) is 10.1. The number of halogens is 6. The Morgan fingerprint density at radius 1 is 0.815 bits per heavy atom. The maximum absolute atomic E-state index is 13.7. The van der Waals surface area contributed by atoms with Crippen molar-refractivity contribution in [3.63, 3.8) is 0 Å². The number of para-hydroxylation sites is 1. The quantitative estimate of drug-likeness (QED) is 0.176. The van der Waals surface area contributed by atoms with Crippen LogP contribution < -0.4 is 4.52 Å². The van der Waals surface area contributed by atoms with Crippen LogP contribution in [0.5, 0.6) is 5.75 Å². The molecule has 0 amide bonds. The Bertz CT molecular complexity index is 632. The lowest BCUT2D eigenvalue weighted by molar-refractivity contribution is 0.0534. The first-order valence-electron chi connectivity index (χ1n) is 7.75. The first-order valence-corrected chi connectivity index (χ1v) is 14.6. The first-order chi connectivity index (χ1) is 12.1. The Balaban J connectivity index is 3.30. The summed E-state index contributed by atoms with van der Waals surface area (Å²) in [7, 11) is -4.13. The highest BCUT2D eigenvalue weighted by Gasteiger charge is 2.54. The van der Waals surface area contributed by atoms with Gasteiger partial charge in [-0.1, -0.05) is 77.8 Å². The summed E-state index contributed by atoms with van der Waals surface area (Å²) in [6, 6.07) is 8.74. The Kier molecular flexibility index (Phi) is 10.1. The largest absolute Gasteiger partial charge is 0.534 e. The third-order valence-corrected chi connectivity index (χ3v) is 13.8. The normalized spacial score (nSPS) is 14.3. The van der Waals surface area contributed by atoms with E-state index in [1.165, 1.54) is 0 Å². The second-order valence-corrected chi connectivity index (χ2v) is 16.3. The fraction of sp³-hybridized carbons (Fsp3) is 0.625. The minimum absolute atomic E-state index is 0.362. The summed E-state index contributed by atoms with van der Waals surface area (Å²) in [5, 5.41) is 1.12. The van der Waals surface area contributed by atoms with Crippen LogP contribution in [0.15, 0.2) is 30.3 Å². The molecule has 0 bridgehead atoms. The van der Waals surface area contributed by atoms with Gasteiger partial charge in [0.25, 0.3) is 0 Å². The highest BCUT2D eigenvalue weighted by atomic mass is 79.9. The third kappa shape index (κ3) is 7.30. The molecule has 0 aliphatic rings. The van der Waals surface area contributed by atoms with Crippen LogP contribution in [0.4, 0.5) is 0 Å². The van der Waals surface area contributed by atoms with Gasteiger partial charge in [-0.2, -0.15) is 0 Å². The molecule has 156 valence electrons. The highest BCUT2D eigenvalue weighted by molar-refractivity contribution is 9.25. The Morgan fingerprint density at radius 2 is 1.19 bits per heavy atom. The maximum atomic E-state index is 13.7. The van der Waals surface area contributed by atoms with Gasteiger partial charge in [0.05, 0.1) is 0 Å². The number of alkyl halides is 6. The van der Waals surface area contributed by atoms with E-state index in [2.05, 4.69) is 95.6 Å². The van der Waals surface area contributed by atoms with Gasteiger partial charge < -0.3 is 4.52 Å². The van der Waals surface area contributed by atoms with E-state index in [1.807, 2.05) is 33.8 Å². The zero-order valence-corrected chi connectivity index (χ0v) is 25.6. The molecule has 0 radical (unpaired) electrons. The molecule has 1 aromatic rings. The highest BCUT2D eigenvalue weighted by Crippen LogP contribution is 2.65. The zero-order valence-electron chi connectivity index (χ0n) is 15.1. The average Bonchev–Trinajstić information content (AvgIpc) is 2.53. The number of benzene rings is 1. The number of rotatable bonds is 10. The van der Waals surface area contributed by atoms with E-state index in [0.717, 1.165) is 0 Å². The van der Waals surface area contributed by atoms with Crippen LogP contribution >= 0.6 is 103 Å². The summed E-state index contributed by atoms with van der Waals surface area (Å²) < 4.78 is 28.9. The van der Waals surface area contributed by atoms with Crippen LogP contribution in [-0.4, -0.2) is 17.5 Å². The molecule has 27 heavy (non-hydrogen) atoms. The van der Waals surface area contributed by atoms with Gasteiger partial charge >= 0.3 is 7.82 Å².